The van der Waals surface area contributed by atoms with Crippen molar-refractivity contribution in [3.8, 4) is 11.4 Å². The maximum atomic E-state index is 12.4. The summed E-state index contributed by atoms with van der Waals surface area (Å²) in [6.45, 7) is 3.20. The lowest BCUT2D eigenvalue weighted by Crippen LogP contribution is -2.39. The third-order valence-corrected chi connectivity index (χ3v) is 5.54. The van der Waals surface area contributed by atoms with Crippen LogP contribution >= 0.6 is 11.8 Å². The zero-order chi connectivity index (χ0) is 20.8. The van der Waals surface area contributed by atoms with E-state index in [-0.39, 0.29) is 24.1 Å². The van der Waals surface area contributed by atoms with E-state index in [1.807, 2.05) is 29.7 Å². The molecule has 1 aliphatic rings. The number of aryl methyl sites for hydroxylation is 1. The first-order valence-corrected chi connectivity index (χ1v) is 10.6. The van der Waals surface area contributed by atoms with E-state index >= 15 is 0 Å². The summed E-state index contributed by atoms with van der Waals surface area (Å²) >= 11 is 1.32. The zero-order valence-corrected chi connectivity index (χ0v) is 17.9. The molecule has 1 aromatic heterocycles. The molecule has 1 aromatic carbocycles. The summed E-state index contributed by atoms with van der Waals surface area (Å²) < 4.78 is 7.19. The van der Waals surface area contributed by atoms with Crippen molar-refractivity contribution in [1.82, 2.24) is 25.0 Å². The molecule has 1 saturated carbocycles. The molecule has 0 spiro atoms. The minimum Gasteiger partial charge on any atom is -0.383 e. The van der Waals surface area contributed by atoms with Gasteiger partial charge in [0.25, 0.3) is 0 Å². The molecule has 8 nitrogen and oxygen atoms in total. The van der Waals surface area contributed by atoms with Crippen molar-refractivity contribution in [1.29, 1.82) is 0 Å². The number of methoxy groups -OCH3 is 1. The number of hydrogen-bond donors (Lipinski definition) is 1. The van der Waals surface area contributed by atoms with Gasteiger partial charge in [-0.3, -0.25) is 14.2 Å². The van der Waals surface area contributed by atoms with Crippen molar-refractivity contribution < 1.29 is 14.3 Å². The van der Waals surface area contributed by atoms with Gasteiger partial charge < -0.3 is 15.0 Å². The number of nitrogens with one attached hydrogen (secondary N) is 1. The summed E-state index contributed by atoms with van der Waals surface area (Å²) in [5, 5.41) is 12.2. The van der Waals surface area contributed by atoms with Gasteiger partial charge in [0.15, 0.2) is 11.0 Å². The van der Waals surface area contributed by atoms with Crippen LogP contribution in [0, 0.1) is 6.92 Å². The molecule has 3 rings (SSSR count). The Morgan fingerprint density at radius 2 is 2.14 bits per heavy atom. The Morgan fingerprint density at radius 3 is 2.83 bits per heavy atom. The summed E-state index contributed by atoms with van der Waals surface area (Å²) in [6.07, 6.45) is 2.05. The predicted octanol–water partition coefficient (Wildman–Crippen LogP) is 1.73. The Labute approximate surface area is 175 Å². The molecule has 0 radical (unpaired) electrons. The van der Waals surface area contributed by atoms with E-state index in [1.165, 1.54) is 16.7 Å². The fraction of sp³-hybridized carbons (Fsp3) is 0.500. The van der Waals surface area contributed by atoms with Gasteiger partial charge in [-0.25, -0.2) is 0 Å². The topological polar surface area (TPSA) is 89.4 Å². The number of carbonyl (C=O) groups excluding carboxylic acids is 2. The molecule has 2 aromatic rings. The summed E-state index contributed by atoms with van der Waals surface area (Å²) in [5.74, 6) is 0.696. The quantitative estimate of drug-likeness (QED) is 0.592. The van der Waals surface area contributed by atoms with Crippen LogP contribution in [0.2, 0.25) is 0 Å². The molecule has 9 heteroatoms. The molecular weight excluding hydrogens is 390 g/mol. The number of aromatic nitrogens is 3. The maximum absolute atomic E-state index is 12.4. The van der Waals surface area contributed by atoms with Gasteiger partial charge in [-0.1, -0.05) is 35.5 Å². The molecule has 1 aliphatic carbocycles. The van der Waals surface area contributed by atoms with Crippen LogP contribution in [0.25, 0.3) is 11.4 Å². The molecule has 156 valence electrons. The highest BCUT2D eigenvalue weighted by Gasteiger charge is 2.24. The number of nitrogens with zero attached hydrogens (tertiary/aromatic N) is 4. The Balaban J connectivity index is 1.64. The van der Waals surface area contributed by atoms with Gasteiger partial charge in [-0.05, 0) is 25.8 Å². The number of rotatable bonds is 10. The number of thioether (sulfide) groups is 1. The molecule has 0 atom stereocenters. The molecule has 0 bridgehead atoms. The van der Waals surface area contributed by atoms with E-state index in [0.29, 0.717) is 24.3 Å². The Bertz CT molecular complexity index is 866. The van der Waals surface area contributed by atoms with E-state index < -0.39 is 0 Å². The van der Waals surface area contributed by atoms with Crippen molar-refractivity contribution in [2.45, 2.75) is 37.5 Å². The highest BCUT2D eigenvalue weighted by atomic mass is 32.2. The summed E-state index contributed by atoms with van der Waals surface area (Å²) in [5.41, 5.74) is 2.11. The van der Waals surface area contributed by atoms with Crippen LogP contribution in [0.4, 0.5) is 0 Å². The number of hydrogen-bond acceptors (Lipinski definition) is 6. The van der Waals surface area contributed by atoms with Crippen LogP contribution in [0.1, 0.15) is 18.4 Å². The molecular formula is C20H27N5O3S. The minimum absolute atomic E-state index is 0.0702. The number of likely N-dealkylation sites (N-methyl/N-ethyl adjacent to an activating group) is 1. The van der Waals surface area contributed by atoms with Crippen LogP contribution in [-0.4, -0.2) is 70.6 Å². The molecule has 29 heavy (non-hydrogen) atoms. The van der Waals surface area contributed by atoms with Crippen molar-refractivity contribution in [3.05, 3.63) is 29.8 Å². The van der Waals surface area contributed by atoms with Gasteiger partial charge in [0.1, 0.15) is 0 Å². The fourth-order valence-corrected chi connectivity index (χ4v) is 3.72. The lowest BCUT2D eigenvalue weighted by Gasteiger charge is -2.16. The predicted molar refractivity (Wildman–Crippen MR) is 112 cm³/mol. The Morgan fingerprint density at radius 1 is 1.34 bits per heavy atom. The first-order chi connectivity index (χ1) is 14.0. The first-order valence-electron chi connectivity index (χ1n) is 9.63. The highest BCUT2D eigenvalue weighted by molar-refractivity contribution is 7.99. The number of carbonyl (C=O) groups is 2. The van der Waals surface area contributed by atoms with Crippen molar-refractivity contribution in [3.63, 3.8) is 0 Å². The zero-order valence-electron chi connectivity index (χ0n) is 17.1. The summed E-state index contributed by atoms with van der Waals surface area (Å²) in [7, 11) is 3.29. The molecule has 2 amide bonds. The monoisotopic (exact) mass is 417 g/mol. The second kappa shape index (κ2) is 9.89. The molecule has 1 N–H and O–H groups in total. The van der Waals surface area contributed by atoms with Crippen LogP contribution in [0.3, 0.4) is 0 Å². The molecule has 1 heterocycles. The fourth-order valence-electron chi connectivity index (χ4n) is 2.82. The molecule has 0 unspecified atom stereocenters. The SMILES string of the molecule is COCCn1c(SCC(=O)N(C)CC(=O)NC2CC2)nnc1-c1cccc(C)c1. The number of benzene rings is 1. The second-order valence-corrected chi connectivity index (χ2v) is 8.14. The minimum atomic E-state index is -0.126. The van der Waals surface area contributed by atoms with Crippen LogP contribution in [-0.2, 0) is 20.9 Å². The second-order valence-electron chi connectivity index (χ2n) is 7.20. The van der Waals surface area contributed by atoms with Crippen LogP contribution in [0.5, 0.6) is 0 Å². The lowest BCUT2D eigenvalue weighted by atomic mass is 10.1. The van der Waals surface area contributed by atoms with Crippen LogP contribution in [0.15, 0.2) is 29.4 Å². The third-order valence-electron chi connectivity index (χ3n) is 4.59. The smallest absolute Gasteiger partial charge is 0.239 e. The summed E-state index contributed by atoms with van der Waals surface area (Å²) in [4.78, 5) is 25.8. The first kappa shape index (κ1) is 21.3. The van der Waals surface area contributed by atoms with Crippen molar-refractivity contribution in [2.75, 3.05) is 33.1 Å². The van der Waals surface area contributed by atoms with E-state index in [0.717, 1.165) is 29.8 Å². The average Bonchev–Trinajstić information content (AvgIpc) is 3.41. The van der Waals surface area contributed by atoms with Crippen molar-refractivity contribution >= 4 is 23.6 Å². The van der Waals surface area contributed by atoms with Crippen LogP contribution < -0.4 is 5.32 Å². The highest BCUT2D eigenvalue weighted by Crippen LogP contribution is 2.25. The molecule has 0 aliphatic heterocycles. The third kappa shape index (κ3) is 6.04. The van der Waals surface area contributed by atoms with Gasteiger partial charge in [0, 0.05) is 25.8 Å². The Kier molecular flexibility index (Phi) is 7.27. The maximum Gasteiger partial charge on any atom is 0.239 e. The molecule has 1 fully saturated rings. The molecule has 0 saturated heterocycles. The number of ether oxygens (including phenoxy) is 1. The lowest BCUT2D eigenvalue weighted by molar-refractivity contribution is -0.132. The van der Waals surface area contributed by atoms with Gasteiger partial charge in [0.05, 0.1) is 25.4 Å². The van der Waals surface area contributed by atoms with E-state index in [2.05, 4.69) is 21.6 Å². The Hall–Kier alpha value is -2.39. The largest absolute Gasteiger partial charge is 0.383 e. The van der Waals surface area contributed by atoms with Gasteiger partial charge in [-0.2, -0.15) is 0 Å². The van der Waals surface area contributed by atoms with E-state index in [4.69, 9.17) is 4.74 Å². The van der Waals surface area contributed by atoms with Gasteiger partial charge >= 0.3 is 0 Å². The number of amides is 2. The van der Waals surface area contributed by atoms with Gasteiger partial charge in [0.2, 0.25) is 11.8 Å². The normalized spacial score (nSPS) is 13.3. The standard InChI is InChI=1S/C20H27N5O3S/c1-14-5-4-6-15(11-14)19-22-23-20(25(19)9-10-28-3)29-13-18(27)24(2)12-17(26)21-16-7-8-16/h4-6,11,16H,7-10,12-13H2,1-3H3,(H,21,26). The average molecular weight is 418 g/mol. The van der Waals surface area contributed by atoms with E-state index in [1.54, 1.807) is 14.2 Å². The van der Waals surface area contributed by atoms with Gasteiger partial charge in [-0.15, -0.1) is 10.2 Å². The van der Waals surface area contributed by atoms with Crippen molar-refractivity contribution in [2.24, 2.45) is 0 Å². The summed E-state index contributed by atoms with van der Waals surface area (Å²) in [6, 6.07) is 8.35. The van der Waals surface area contributed by atoms with E-state index in [9.17, 15) is 9.59 Å².